The largest absolute Gasteiger partial charge is 0.350 e. The minimum absolute atomic E-state index is 0.194. The van der Waals surface area contributed by atoms with Gasteiger partial charge in [0.25, 0.3) is 5.91 Å². The number of amides is 3. The van der Waals surface area contributed by atoms with Crippen LogP contribution in [0.3, 0.4) is 0 Å². The Morgan fingerprint density at radius 1 is 0.962 bits per heavy atom. The molecular formula is C19H20IN3O3. The van der Waals surface area contributed by atoms with E-state index in [4.69, 9.17) is 0 Å². The monoisotopic (exact) mass is 465 g/mol. The molecule has 2 aromatic rings. The van der Waals surface area contributed by atoms with Crippen LogP contribution in [-0.2, 0) is 16.1 Å². The average molecular weight is 465 g/mol. The summed E-state index contributed by atoms with van der Waals surface area (Å²) in [5.41, 5.74) is 1.48. The summed E-state index contributed by atoms with van der Waals surface area (Å²) in [6.45, 7) is 1.79. The molecule has 0 aliphatic rings. The third kappa shape index (κ3) is 6.14. The molecule has 1 unspecified atom stereocenters. The molecule has 0 aliphatic heterocycles. The summed E-state index contributed by atoms with van der Waals surface area (Å²) < 4.78 is 0.802. The summed E-state index contributed by atoms with van der Waals surface area (Å²) in [5.74, 6) is -1.04. The van der Waals surface area contributed by atoms with Crippen LogP contribution in [-0.4, -0.2) is 30.3 Å². The second-order valence-electron chi connectivity index (χ2n) is 5.66. The standard InChI is InChI=1S/C19H20IN3O3/c1-13(18(25)21-11-14-7-3-2-4-8-14)23-17(24)12-22-19(26)15-9-5-6-10-16(15)20/h2-10,13H,11-12H2,1H3,(H,21,25)(H,22,26)(H,23,24). The molecule has 1 atom stereocenters. The summed E-state index contributed by atoms with van der Waals surface area (Å²) in [5, 5.41) is 7.88. The lowest BCUT2D eigenvalue weighted by Gasteiger charge is -2.14. The number of carbonyl (C=O) groups is 3. The average Bonchev–Trinajstić information content (AvgIpc) is 2.65. The highest BCUT2D eigenvalue weighted by Gasteiger charge is 2.16. The molecule has 6 nitrogen and oxygen atoms in total. The Hall–Kier alpha value is -2.42. The summed E-state index contributed by atoms with van der Waals surface area (Å²) >= 11 is 2.06. The highest BCUT2D eigenvalue weighted by molar-refractivity contribution is 14.1. The Morgan fingerprint density at radius 2 is 1.62 bits per heavy atom. The van der Waals surface area contributed by atoms with Crippen LogP contribution in [0, 0.1) is 3.57 Å². The molecule has 0 fully saturated rings. The number of benzene rings is 2. The van der Waals surface area contributed by atoms with Crippen LogP contribution >= 0.6 is 22.6 Å². The van der Waals surface area contributed by atoms with Crippen molar-refractivity contribution in [3.05, 3.63) is 69.3 Å². The molecule has 0 aliphatic carbocycles. The van der Waals surface area contributed by atoms with Crippen LogP contribution in [0.25, 0.3) is 0 Å². The lowest BCUT2D eigenvalue weighted by atomic mass is 10.2. The van der Waals surface area contributed by atoms with Gasteiger partial charge in [-0.3, -0.25) is 14.4 Å². The van der Waals surface area contributed by atoms with Gasteiger partial charge in [-0.05, 0) is 47.2 Å². The normalized spacial score (nSPS) is 11.3. The Balaban J connectivity index is 1.75. The van der Waals surface area contributed by atoms with Gasteiger partial charge in [-0.25, -0.2) is 0 Å². The van der Waals surface area contributed by atoms with Gasteiger partial charge in [-0.2, -0.15) is 0 Å². The second kappa shape index (κ2) is 9.91. The van der Waals surface area contributed by atoms with Gasteiger partial charge in [0.1, 0.15) is 6.04 Å². The Kier molecular flexibility index (Phi) is 7.58. The molecule has 3 amide bonds. The van der Waals surface area contributed by atoms with E-state index in [1.54, 1.807) is 19.1 Å². The summed E-state index contributed by atoms with van der Waals surface area (Å²) in [6.07, 6.45) is 0. The predicted molar refractivity (Wildman–Crippen MR) is 107 cm³/mol. The van der Waals surface area contributed by atoms with Crippen molar-refractivity contribution < 1.29 is 14.4 Å². The highest BCUT2D eigenvalue weighted by Crippen LogP contribution is 2.10. The van der Waals surface area contributed by atoms with E-state index in [1.807, 2.05) is 42.5 Å². The maximum atomic E-state index is 12.1. The first-order valence-electron chi connectivity index (χ1n) is 8.11. The molecule has 0 saturated heterocycles. The number of carbonyl (C=O) groups excluding carboxylic acids is 3. The molecule has 0 heterocycles. The molecule has 0 radical (unpaired) electrons. The fourth-order valence-corrected chi connectivity index (χ4v) is 2.83. The van der Waals surface area contributed by atoms with Crippen molar-refractivity contribution in [2.75, 3.05) is 6.54 Å². The second-order valence-corrected chi connectivity index (χ2v) is 6.82. The molecule has 2 aromatic carbocycles. The lowest BCUT2D eigenvalue weighted by Crippen LogP contribution is -2.47. The smallest absolute Gasteiger partial charge is 0.252 e. The molecule has 0 spiro atoms. The third-order valence-corrected chi connectivity index (χ3v) is 4.55. The fraction of sp³-hybridized carbons (Fsp3) is 0.211. The van der Waals surface area contributed by atoms with Crippen LogP contribution in [0.1, 0.15) is 22.8 Å². The van der Waals surface area contributed by atoms with E-state index in [1.165, 1.54) is 0 Å². The minimum atomic E-state index is -0.694. The Labute approximate surface area is 165 Å². The van der Waals surface area contributed by atoms with E-state index < -0.39 is 11.9 Å². The quantitative estimate of drug-likeness (QED) is 0.546. The zero-order chi connectivity index (χ0) is 18.9. The van der Waals surface area contributed by atoms with Gasteiger partial charge < -0.3 is 16.0 Å². The summed E-state index contributed by atoms with van der Waals surface area (Å²) in [7, 11) is 0. The van der Waals surface area contributed by atoms with Crippen molar-refractivity contribution >= 4 is 40.3 Å². The van der Waals surface area contributed by atoms with Gasteiger partial charge in [0, 0.05) is 10.1 Å². The zero-order valence-corrected chi connectivity index (χ0v) is 16.4. The van der Waals surface area contributed by atoms with Crippen LogP contribution in [0.4, 0.5) is 0 Å². The lowest BCUT2D eigenvalue weighted by molar-refractivity contribution is -0.128. The van der Waals surface area contributed by atoms with Crippen molar-refractivity contribution in [1.29, 1.82) is 0 Å². The van der Waals surface area contributed by atoms with E-state index in [0.29, 0.717) is 12.1 Å². The summed E-state index contributed by atoms with van der Waals surface area (Å²) in [4.78, 5) is 36.1. The molecule has 26 heavy (non-hydrogen) atoms. The Bertz CT molecular complexity index is 781. The van der Waals surface area contributed by atoms with Gasteiger partial charge >= 0.3 is 0 Å². The molecule has 0 saturated carbocycles. The van der Waals surface area contributed by atoms with E-state index >= 15 is 0 Å². The predicted octanol–water partition coefficient (Wildman–Crippen LogP) is 1.84. The summed E-state index contributed by atoms with van der Waals surface area (Å²) in [6, 6.07) is 15.9. The maximum absolute atomic E-state index is 12.1. The van der Waals surface area contributed by atoms with Gasteiger partial charge in [-0.1, -0.05) is 42.5 Å². The Morgan fingerprint density at radius 3 is 2.31 bits per heavy atom. The first-order valence-corrected chi connectivity index (χ1v) is 9.19. The van der Waals surface area contributed by atoms with Crippen molar-refractivity contribution in [3.8, 4) is 0 Å². The van der Waals surface area contributed by atoms with E-state index in [-0.39, 0.29) is 18.4 Å². The third-order valence-electron chi connectivity index (χ3n) is 3.61. The number of halogens is 1. The van der Waals surface area contributed by atoms with Crippen molar-refractivity contribution in [3.63, 3.8) is 0 Å². The molecule has 3 N–H and O–H groups in total. The van der Waals surface area contributed by atoms with Gasteiger partial charge in [-0.15, -0.1) is 0 Å². The van der Waals surface area contributed by atoms with Crippen molar-refractivity contribution in [2.45, 2.75) is 19.5 Å². The molecule has 136 valence electrons. The van der Waals surface area contributed by atoms with Crippen LogP contribution in [0.15, 0.2) is 54.6 Å². The van der Waals surface area contributed by atoms with Crippen LogP contribution in [0.5, 0.6) is 0 Å². The number of hydrogen-bond acceptors (Lipinski definition) is 3. The first-order chi connectivity index (χ1) is 12.5. The fourth-order valence-electron chi connectivity index (χ4n) is 2.20. The van der Waals surface area contributed by atoms with E-state index in [2.05, 4.69) is 38.5 Å². The molecule has 2 rings (SSSR count). The van der Waals surface area contributed by atoms with Crippen LogP contribution < -0.4 is 16.0 Å². The topological polar surface area (TPSA) is 87.3 Å². The van der Waals surface area contributed by atoms with Gasteiger partial charge in [0.05, 0.1) is 12.1 Å². The van der Waals surface area contributed by atoms with Crippen molar-refractivity contribution in [1.82, 2.24) is 16.0 Å². The van der Waals surface area contributed by atoms with Crippen molar-refractivity contribution in [2.24, 2.45) is 0 Å². The van der Waals surface area contributed by atoms with Crippen LogP contribution in [0.2, 0.25) is 0 Å². The zero-order valence-electron chi connectivity index (χ0n) is 14.3. The number of nitrogens with one attached hydrogen (secondary N) is 3. The van der Waals surface area contributed by atoms with Gasteiger partial charge in [0.15, 0.2) is 0 Å². The number of hydrogen-bond donors (Lipinski definition) is 3. The number of rotatable bonds is 7. The molecule has 0 aromatic heterocycles. The maximum Gasteiger partial charge on any atom is 0.252 e. The molecule has 0 bridgehead atoms. The SMILES string of the molecule is CC(NC(=O)CNC(=O)c1ccccc1I)C(=O)NCc1ccccc1. The van der Waals surface area contributed by atoms with E-state index in [0.717, 1.165) is 9.13 Å². The van der Waals surface area contributed by atoms with E-state index in [9.17, 15) is 14.4 Å². The first kappa shape index (κ1) is 19.9. The highest BCUT2D eigenvalue weighted by atomic mass is 127. The molecular weight excluding hydrogens is 445 g/mol. The van der Waals surface area contributed by atoms with Gasteiger partial charge in [0.2, 0.25) is 11.8 Å². The minimum Gasteiger partial charge on any atom is -0.350 e. The molecule has 7 heteroatoms.